The molecule has 0 atom stereocenters. The van der Waals surface area contributed by atoms with Gasteiger partial charge in [0.15, 0.2) is 0 Å². The van der Waals surface area contributed by atoms with Crippen LogP contribution in [0.1, 0.15) is 12.8 Å². The van der Waals surface area contributed by atoms with E-state index in [0.29, 0.717) is 6.04 Å². The highest BCUT2D eigenvalue weighted by Crippen LogP contribution is 2.22. The average Bonchev–Trinajstić information content (AvgIpc) is 2.60. The Balaban J connectivity index is 1.72. The number of hydrogen-bond donors (Lipinski definition) is 2. The van der Waals surface area contributed by atoms with E-state index in [1.165, 1.54) is 23.0 Å². The number of thioether (sulfide) groups is 2. The summed E-state index contributed by atoms with van der Waals surface area (Å²) in [6.45, 7) is 2.81. The van der Waals surface area contributed by atoms with Gasteiger partial charge in [-0.2, -0.15) is 23.5 Å². The maximum atomic E-state index is 10.5. The molecule has 0 spiro atoms. The minimum absolute atomic E-state index is 0.464. The van der Waals surface area contributed by atoms with E-state index in [1.54, 1.807) is 0 Å². The summed E-state index contributed by atoms with van der Waals surface area (Å²) in [5, 5.41) is 14.1. The summed E-state index contributed by atoms with van der Waals surface area (Å²) in [5.74, 6) is 4.95. The van der Waals surface area contributed by atoms with Crippen LogP contribution in [0.5, 0.6) is 0 Å². The average molecular weight is 276 g/mol. The van der Waals surface area contributed by atoms with Crippen molar-refractivity contribution in [3.05, 3.63) is 0 Å². The third-order valence-corrected chi connectivity index (χ3v) is 6.17. The highest BCUT2D eigenvalue weighted by molar-refractivity contribution is 8.03. The van der Waals surface area contributed by atoms with Gasteiger partial charge >= 0.3 is 0 Å². The van der Waals surface area contributed by atoms with Crippen LogP contribution in [-0.4, -0.2) is 71.3 Å². The molecule has 0 aromatic heterocycles. The second-order valence-corrected chi connectivity index (χ2v) is 7.55. The van der Waals surface area contributed by atoms with Crippen LogP contribution in [0.3, 0.4) is 0 Å². The first kappa shape index (κ1) is 14.0. The maximum Gasteiger partial charge on any atom is 0.0796 e. The lowest BCUT2D eigenvalue weighted by Gasteiger charge is -2.37. The van der Waals surface area contributed by atoms with Crippen molar-refractivity contribution in [3.8, 4) is 0 Å². The monoisotopic (exact) mass is 276 g/mol. The van der Waals surface area contributed by atoms with E-state index in [2.05, 4.69) is 17.3 Å². The Kier molecular flexibility index (Phi) is 5.49. The van der Waals surface area contributed by atoms with Crippen molar-refractivity contribution in [1.82, 2.24) is 10.2 Å². The molecule has 0 aromatic rings. The maximum absolute atomic E-state index is 10.5. The van der Waals surface area contributed by atoms with Gasteiger partial charge in [-0.3, -0.25) is 0 Å². The molecule has 0 saturated carbocycles. The molecule has 2 rings (SSSR count). The summed E-state index contributed by atoms with van der Waals surface area (Å²) >= 11 is 4.07. The fraction of sp³-hybridized carbons (Fsp3) is 1.00. The molecule has 2 N–H and O–H groups in total. The van der Waals surface area contributed by atoms with Crippen molar-refractivity contribution >= 4 is 23.5 Å². The minimum Gasteiger partial charge on any atom is -0.388 e. The van der Waals surface area contributed by atoms with Crippen LogP contribution in [-0.2, 0) is 0 Å². The van der Waals surface area contributed by atoms with E-state index in [0.717, 1.165) is 32.5 Å². The van der Waals surface area contributed by atoms with Crippen LogP contribution < -0.4 is 5.32 Å². The molecule has 17 heavy (non-hydrogen) atoms. The van der Waals surface area contributed by atoms with Gasteiger partial charge in [0.05, 0.1) is 5.60 Å². The van der Waals surface area contributed by atoms with Crippen molar-refractivity contribution in [2.24, 2.45) is 0 Å². The van der Waals surface area contributed by atoms with E-state index in [4.69, 9.17) is 0 Å². The summed E-state index contributed by atoms with van der Waals surface area (Å²) < 4.78 is 0. The number of nitrogens with zero attached hydrogens (tertiary/aromatic N) is 1. The van der Waals surface area contributed by atoms with E-state index >= 15 is 0 Å². The van der Waals surface area contributed by atoms with Crippen LogP contribution in [0.2, 0.25) is 0 Å². The highest BCUT2D eigenvalue weighted by Gasteiger charge is 2.31. The van der Waals surface area contributed by atoms with Crippen molar-refractivity contribution in [2.45, 2.75) is 24.5 Å². The number of piperidine rings is 1. The predicted molar refractivity (Wildman–Crippen MR) is 78.1 cm³/mol. The fourth-order valence-electron chi connectivity index (χ4n) is 2.28. The summed E-state index contributed by atoms with van der Waals surface area (Å²) in [5.41, 5.74) is -0.464. The topological polar surface area (TPSA) is 35.5 Å². The number of rotatable bonds is 3. The smallest absolute Gasteiger partial charge is 0.0796 e. The summed E-state index contributed by atoms with van der Waals surface area (Å²) in [7, 11) is 2.13. The van der Waals surface area contributed by atoms with Crippen LogP contribution in [0, 0.1) is 0 Å². The van der Waals surface area contributed by atoms with Gasteiger partial charge in [0, 0.05) is 48.7 Å². The van der Waals surface area contributed by atoms with E-state index in [9.17, 15) is 5.11 Å². The van der Waals surface area contributed by atoms with Gasteiger partial charge in [0.2, 0.25) is 0 Å². The zero-order chi connectivity index (χ0) is 12.1. The molecule has 5 heteroatoms. The first-order valence-electron chi connectivity index (χ1n) is 6.48. The Bertz CT molecular complexity index is 225. The minimum atomic E-state index is -0.464. The molecular weight excluding hydrogens is 252 g/mol. The Morgan fingerprint density at radius 2 is 1.82 bits per heavy atom. The molecule has 0 amide bonds. The van der Waals surface area contributed by atoms with Gasteiger partial charge in [0.1, 0.15) is 0 Å². The van der Waals surface area contributed by atoms with Gasteiger partial charge in [-0.15, -0.1) is 0 Å². The van der Waals surface area contributed by atoms with E-state index in [-0.39, 0.29) is 0 Å². The molecule has 100 valence electrons. The van der Waals surface area contributed by atoms with E-state index < -0.39 is 5.60 Å². The Morgan fingerprint density at radius 1 is 1.24 bits per heavy atom. The number of nitrogens with one attached hydrogen (secondary N) is 1. The van der Waals surface area contributed by atoms with Crippen molar-refractivity contribution in [1.29, 1.82) is 0 Å². The molecule has 0 unspecified atom stereocenters. The first-order chi connectivity index (χ1) is 8.18. The quantitative estimate of drug-likeness (QED) is 0.800. The number of likely N-dealkylation sites (tertiary alicyclic amines) is 1. The lowest BCUT2D eigenvalue weighted by Crippen LogP contribution is -2.51. The van der Waals surface area contributed by atoms with Gasteiger partial charge in [-0.1, -0.05) is 0 Å². The van der Waals surface area contributed by atoms with E-state index in [1.807, 2.05) is 23.5 Å². The number of hydrogen-bond acceptors (Lipinski definition) is 5. The summed E-state index contributed by atoms with van der Waals surface area (Å²) in [6, 6.07) is 0.580. The Morgan fingerprint density at radius 3 is 2.41 bits per heavy atom. The third-order valence-electron chi connectivity index (χ3n) is 3.65. The predicted octanol–water partition coefficient (Wildman–Crippen LogP) is 0.881. The molecule has 3 nitrogen and oxygen atoms in total. The standard InChI is InChI=1S/C12H24N2OS2/c1-14-4-2-12(15,3-5-14)10-13-11-8-16-6-7-17-9-11/h11,13,15H,2-10H2,1H3. The molecule has 0 bridgehead atoms. The third kappa shape index (κ3) is 4.63. The van der Waals surface area contributed by atoms with Crippen LogP contribution >= 0.6 is 23.5 Å². The second-order valence-electron chi connectivity index (χ2n) is 5.26. The Hall–Kier alpha value is 0.580. The van der Waals surface area contributed by atoms with Gasteiger partial charge in [-0.25, -0.2) is 0 Å². The summed E-state index contributed by atoms with van der Waals surface area (Å²) in [6.07, 6.45) is 1.81. The largest absolute Gasteiger partial charge is 0.388 e. The van der Waals surface area contributed by atoms with Crippen LogP contribution in [0.4, 0.5) is 0 Å². The van der Waals surface area contributed by atoms with Gasteiger partial charge in [-0.05, 0) is 19.9 Å². The molecule has 0 aliphatic carbocycles. The lowest BCUT2D eigenvalue weighted by molar-refractivity contribution is -0.0154. The SMILES string of the molecule is CN1CCC(O)(CNC2CSCCSC2)CC1. The Labute approximate surface area is 113 Å². The second kappa shape index (κ2) is 6.66. The van der Waals surface area contributed by atoms with Crippen LogP contribution in [0.25, 0.3) is 0 Å². The normalized spacial score (nSPS) is 27.9. The molecule has 0 aromatic carbocycles. The van der Waals surface area contributed by atoms with Gasteiger partial charge < -0.3 is 15.3 Å². The number of aliphatic hydroxyl groups is 1. The summed E-state index contributed by atoms with van der Waals surface area (Å²) in [4.78, 5) is 2.30. The molecule has 2 heterocycles. The molecule has 2 fully saturated rings. The molecule has 2 aliphatic rings. The van der Waals surface area contributed by atoms with Crippen molar-refractivity contribution in [3.63, 3.8) is 0 Å². The first-order valence-corrected chi connectivity index (χ1v) is 8.79. The van der Waals surface area contributed by atoms with Gasteiger partial charge in [0.25, 0.3) is 0 Å². The molecule has 2 saturated heterocycles. The van der Waals surface area contributed by atoms with Crippen molar-refractivity contribution in [2.75, 3.05) is 49.7 Å². The molecule has 2 aliphatic heterocycles. The van der Waals surface area contributed by atoms with Crippen molar-refractivity contribution < 1.29 is 5.11 Å². The zero-order valence-corrected chi connectivity index (χ0v) is 12.3. The lowest BCUT2D eigenvalue weighted by atomic mass is 9.91. The highest BCUT2D eigenvalue weighted by atomic mass is 32.2. The molecule has 0 radical (unpaired) electrons. The molecular formula is C12H24N2OS2. The zero-order valence-electron chi connectivity index (χ0n) is 10.7. The van der Waals surface area contributed by atoms with Crippen LogP contribution in [0.15, 0.2) is 0 Å². The fourth-order valence-corrected chi connectivity index (χ4v) is 4.75.